The van der Waals surface area contributed by atoms with Crippen LogP contribution in [-0.2, 0) is 0 Å². The molecule has 3 aromatic rings. The van der Waals surface area contributed by atoms with Crippen molar-refractivity contribution in [2.45, 2.75) is 25.1 Å². The minimum absolute atomic E-state index is 0.186. The molecule has 0 radical (unpaired) electrons. The first-order valence-electron chi connectivity index (χ1n) is 9.78. The van der Waals surface area contributed by atoms with Crippen LogP contribution in [0.2, 0.25) is 0 Å². The van der Waals surface area contributed by atoms with E-state index in [0.717, 1.165) is 47.3 Å². The van der Waals surface area contributed by atoms with E-state index in [1.807, 2.05) is 18.2 Å². The first-order valence-corrected chi connectivity index (χ1v) is 9.78. The van der Waals surface area contributed by atoms with Gasteiger partial charge in [0.25, 0.3) is 5.91 Å². The van der Waals surface area contributed by atoms with Gasteiger partial charge in [0.2, 0.25) is 0 Å². The lowest BCUT2D eigenvalue weighted by Gasteiger charge is -2.32. The van der Waals surface area contributed by atoms with E-state index < -0.39 is 6.36 Å². The maximum atomic E-state index is 12.7. The van der Waals surface area contributed by atoms with Gasteiger partial charge in [0.05, 0.1) is 18.3 Å². The molecule has 1 saturated heterocycles. The lowest BCUT2D eigenvalue weighted by Crippen LogP contribution is -2.38. The molecule has 0 saturated carbocycles. The van der Waals surface area contributed by atoms with E-state index in [2.05, 4.69) is 14.7 Å². The van der Waals surface area contributed by atoms with Crippen LogP contribution in [0.25, 0.3) is 10.9 Å². The van der Waals surface area contributed by atoms with Gasteiger partial charge >= 0.3 is 6.36 Å². The third-order valence-corrected chi connectivity index (χ3v) is 5.38. The van der Waals surface area contributed by atoms with Gasteiger partial charge in [-0.25, -0.2) is 9.97 Å². The number of alkyl halides is 3. The summed E-state index contributed by atoms with van der Waals surface area (Å²) in [5, 5.41) is 0.966. The standard InChI is InChI=1S/C22H20F3N3O3/c1-30-17-6-7-18-19(12-17)26-13-27-20(18)14-8-10-28(11-9-14)21(29)15-2-4-16(5-3-15)31-22(23,24)25/h2-7,12-14H,8-11H2,1H3. The molecule has 0 atom stereocenters. The van der Waals surface area contributed by atoms with Gasteiger partial charge in [-0.2, -0.15) is 0 Å². The van der Waals surface area contributed by atoms with Gasteiger partial charge in [0, 0.05) is 36.0 Å². The average molecular weight is 431 g/mol. The molecule has 9 heteroatoms. The Labute approximate surface area is 176 Å². The molecule has 2 aromatic carbocycles. The monoisotopic (exact) mass is 431 g/mol. The number of likely N-dealkylation sites (tertiary alicyclic amines) is 1. The molecule has 0 N–H and O–H groups in total. The predicted molar refractivity (Wildman–Crippen MR) is 107 cm³/mol. The first kappa shape index (κ1) is 20.9. The summed E-state index contributed by atoms with van der Waals surface area (Å²) in [6, 6.07) is 10.7. The van der Waals surface area contributed by atoms with E-state index in [4.69, 9.17) is 4.74 Å². The summed E-state index contributed by atoms with van der Waals surface area (Å²) in [7, 11) is 1.60. The number of hydrogen-bond donors (Lipinski definition) is 0. The molecule has 1 aliphatic rings. The van der Waals surface area contributed by atoms with E-state index in [1.54, 1.807) is 18.3 Å². The number of carbonyl (C=O) groups excluding carboxylic acids is 1. The minimum atomic E-state index is -4.76. The van der Waals surface area contributed by atoms with Gasteiger partial charge in [-0.05, 0) is 49.2 Å². The second-order valence-corrected chi connectivity index (χ2v) is 7.28. The van der Waals surface area contributed by atoms with Crippen molar-refractivity contribution >= 4 is 16.8 Å². The van der Waals surface area contributed by atoms with Gasteiger partial charge in [0.1, 0.15) is 17.8 Å². The number of ether oxygens (including phenoxy) is 2. The van der Waals surface area contributed by atoms with Crippen molar-refractivity contribution in [1.29, 1.82) is 0 Å². The highest BCUT2D eigenvalue weighted by atomic mass is 19.4. The molecule has 6 nitrogen and oxygen atoms in total. The molecule has 0 spiro atoms. The van der Waals surface area contributed by atoms with Crippen LogP contribution >= 0.6 is 0 Å². The highest BCUT2D eigenvalue weighted by Crippen LogP contribution is 2.32. The molecule has 4 rings (SSSR count). The van der Waals surface area contributed by atoms with Crippen molar-refractivity contribution in [3.05, 3.63) is 60.0 Å². The number of amides is 1. The van der Waals surface area contributed by atoms with Crippen LogP contribution in [0.1, 0.15) is 34.8 Å². The SMILES string of the molecule is COc1ccc2c(C3CCN(C(=O)c4ccc(OC(F)(F)F)cc4)CC3)ncnc2c1. The number of benzene rings is 2. The third-order valence-electron chi connectivity index (χ3n) is 5.38. The Kier molecular flexibility index (Phi) is 5.67. The molecule has 1 aromatic heterocycles. The van der Waals surface area contributed by atoms with Gasteiger partial charge in [-0.15, -0.1) is 13.2 Å². The van der Waals surface area contributed by atoms with Crippen LogP contribution < -0.4 is 9.47 Å². The second kappa shape index (κ2) is 8.41. The average Bonchev–Trinajstić information content (AvgIpc) is 2.77. The number of fused-ring (bicyclic) bond motifs is 1. The molecular weight excluding hydrogens is 411 g/mol. The summed E-state index contributed by atoms with van der Waals surface area (Å²) in [4.78, 5) is 23.3. The molecule has 162 valence electrons. The number of rotatable bonds is 4. The minimum Gasteiger partial charge on any atom is -0.497 e. The molecule has 31 heavy (non-hydrogen) atoms. The van der Waals surface area contributed by atoms with Crippen molar-refractivity contribution in [3.8, 4) is 11.5 Å². The quantitative estimate of drug-likeness (QED) is 0.606. The molecule has 2 heterocycles. The van der Waals surface area contributed by atoms with Crippen LogP contribution in [0.15, 0.2) is 48.8 Å². The Hall–Kier alpha value is -3.36. The molecule has 0 bridgehead atoms. The number of nitrogens with zero attached hydrogens (tertiary/aromatic N) is 3. The second-order valence-electron chi connectivity index (χ2n) is 7.28. The Morgan fingerprint density at radius 2 is 1.71 bits per heavy atom. The zero-order valence-corrected chi connectivity index (χ0v) is 16.7. The number of carbonyl (C=O) groups is 1. The van der Waals surface area contributed by atoms with Crippen LogP contribution in [-0.4, -0.2) is 47.3 Å². The van der Waals surface area contributed by atoms with E-state index in [0.29, 0.717) is 18.7 Å². The largest absolute Gasteiger partial charge is 0.573 e. The summed E-state index contributed by atoms with van der Waals surface area (Å²) in [6.45, 7) is 1.07. The van der Waals surface area contributed by atoms with Crippen molar-refractivity contribution < 1.29 is 27.4 Å². The molecule has 0 unspecified atom stereocenters. The van der Waals surface area contributed by atoms with Crippen LogP contribution in [0.3, 0.4) is 0 Å². The fourth-order valence-corrected chi connectivity index (χ4v) is 3.85. The molecule has 0 aliphatic carbocycles. The van der Waals surface area contributed by atoms with Gasteiger partial charge in [-0.1, -0.05) is 0 Å². The Morgan fingerprint density at radius 3 is 2.35 bits per heavy atom. The van der Waals surface area contributed by atoms with Gasteiger partial charge in [0.15, 0.2) is 0 Å². The van der Waals surface area contributed by atoms with E-state index in [-0.39, 0.29) is 17.6 Å². The molecular formula is C22H20F3N3O3. The highest BCUT2D eigenvalue weighted by Gasteiger charge is 2.31. The Morgan fingerprint density at radius 1 is 1.03 bits per heavy atom. The summed E-state index contributed by atoms with van der Waals surface area (Å²) in [5.41, 5.74) is 2.09. The third kappa shape index (κ3) is 4.70. The molecule has 1 fully saturated rings. The Bertz CT molecular complexity index is 1080. The van der Waals surface area contributed by atoms with E-state index >= 15 is 0 Å². The lowest BCUT2D eigenvalue weighted by atomic mass is 9.90. The lowest BCUT2D eigenvalue weighted by molar-refractivity contribution is -0.274. The van der Waals surface area contributed by atoms with Gasteiger partial charge in [-0.3, -0.25) is 4.79 Å². The van der Waals surface area contributed by atoms with Gasteiger partial charge < -0.3 is 14.4 Å². The highest BCUT2D eigenvalue weighted by molar-refractivity contribution is 5.94. The van der Waals surface area contributed by atoms with E-state index in [1.165, 1.54) is 12.1 Å². The predicted octanol–water partition coefficient (Wildman–Crippen LogP) is 4.56. The van der Waals surface area contributed by atoms with Crippen molar-refractivity contribution in [3.63, 3.8) is 0 Å². The Balaban J connectivity index is 1.43. The summed E-state index contributed by atoms with van der Waals surface area (Å²) < 4.78 is 46.0. The van der Waals surface area contributed by atoms with Crippen molar-refractivity contribution in [2.24, 2.45) is 0 Å². The molecule has 1 amide bonds. The van der Waals surface area contributed by atoms with Crippen LogP contribution in [0.4, 0.5) is 13.2 Å². The van der Waals surface area contributed by atoms with Crippen LogP contribution in [0, 0.1) is 0 Å². The number of piperidine rings is 1. The summed E-state index contributed by atoms with van der Waals surface area (Å²) in [5.74, 6) is 0.346. The van der Waals surface area contributed by atoms with Crippen LogP contribution in [0.5, 0.6) is 11.5 Å². The zero-order chi connectivity index (χ0) is 22.0. The molecule has 1 aliphatic heterocycles. The first-order chi connectivity index (χ1) is 14.8. The number of hydrogen-bond acceptors (Lipinski definition) is 5. The fourth-order valence-electron chi connectivity index (χ4n) is 3.85. The van der Waals surface area contributed by atoms with Crippen molar-refractivity contribution in [2.75, 3.05) is 20.2 Å². The number of aromatic nitrogens is 2. The topological polar surface area (TPSA) is 64.5 Å². The van der Waals surface area contributed by atoms with Crippen molar-refractivity contribution in [1.82, 2.24) is 14.9 Å². The number of methoxy groups -OCH3 is 1. The fraction of sp³-hybridized carbons (Fsp3) is 0.318. The normalized spacial score (nSPS) is 15.2. The van der Waals surface area contributed by atoms with E-state index in [9.17, 15) is 18.0 Å². The summed E-state index contributed by atoms with van der Waals surface area (Å²) in [6.07, 6.45) is -1.75. The summed E-state index contributed by atoms with van der Waals surface area (Å²) >= 11 is 0. The maximum Gasteiger partial charge on any atom is 0.573 e. The smallest absolute Gasteiger partial charge is 0.497 e. The maximum absolute atomic E-state index is 12.7. The zero-order valence-electron chi connectivity index (χ0n) is 16.7. The number of halogens is 3.